The zero-order valence-electron chi connectivity index (χ0n) is 13.8. The van der Waals surface area contributed by atoms with Gasteiger partial charge in [-0.15, -0.1) is 0 Å². The minimum Gasteiger partial charge on any atom is -0.483 e. The summed E-state index contributed by atoms with van der Waals surface area (Å²) in [7, 11) is 0. The van der Waals surface area contributed by atoms with Crippen molar-refractivity contribution in [2.75, 3.05) is 13.2 Å². The van der Waals surface area contributed by atoms with Gasteiger partial charge in [-0.25, -0.2) is 4.98 Å². The third-order valence-electron chi connectivity index (χ3n) is 4.31. The first-order valence-electron chi connectivity index (χ1n) is 8.39. The molecule has 0 aliphatic carbocycles. The molecule has 1 fully saturated rings. The first-order valence-corrected chi connectivity index (χ1v) is 8.39. The third-order valence-corrected chi connectivity index (χ3v) is 4.31. The van der Waals surface area contributed by atoms with Gasteiger partial charge in [-0.05, 0) is 5.56 Å². The molecule has 0 spiro atoms. The lowest BCUT2D eigenvalue weighted by Gasteiger charge is -2.19. The van der Waals surface area contributed by atoms with Gasteiger partial charge < -0.3 is 19.4 Å². The van der Waals surface area contributed by atoms with E-state index in [0.29, 0.717) is 19.8 Å². The van der Waals surface area contributed by atoms with Crippen LogP contribution in [0.3, 0.4) is 0 Å². The molecule has 130 valence electrons. The van der Waals surface area contributed by atoms with Crippen molar-refractivity contribution in [2.45, 2.75) is 25.2 Å². The van der Waals surface area contributed by atoms with Crippen LogP contribution in [0.1, 0.15) is 11.4 Å². The Hall–Kier alpha value is -2.64. The maximum absolute atomic E-state index is 5.92. The normalized spacial score (nSPS) is 20.0. The Balaban J connectivity index is 1.36. The Morgan fingerprint density at radius 3 is 3.04 bits per heavy atom. The predicted octanol–water partition coefficient (Wildman–Crippen LogP) is 1.59. The number of imidazole rings is 1. The molecule has 2 N–H and O–H groups in total. The molecule has 4 rings (SSSR count). The van der Waals surface area contributed by atoms with Crippen LogP contribution in [0.25, 0.3) is 0 Å². The molecule has 0 saturated carbocycles. The monoisotopic (exact) mass is 339 g/mol. The van der Waals surface area contributed by atoms with Crippen molar-refractivity contribution in [2.24, 2.45) is 0 Å². The molecule has 1 saturated heterocycles. The largest absolute Gasteiger partial charge is 0.483 e. The highest BCUT2D eigenvalue weighted by atomic mass is 16.5. The standard InChI is InChI=1S/C18H21N5O2/c1-2-4-14(5-3-1)11-23-7-6-19-18(23)10-20-16-12-24-13-17(16)25-15-8-21-22-9-15/h1-9,16-17,20H,10-13H2,(H,21,22)/t16-,17+/m0/s1. The number of H-pyrrole nitrogens is 1. The van der Waals surface area contributed by atoms with Crippen LogP contribution >= 0.6 is 0 Å². The van der Waals surface area contributed by atoms with E-state index >= 15 is 0 Å². The summed E-state index contributed by atoms with van der Waals surface area (Å²) in [6.07, 6.45) is 7.22. The van der Waals surface area contributed by atoms with Crippen molar-refractivity contribution >= 4 is 0 Å². The van der Waals surface area contributed by atoms with Gasteiger partial charge in [-0.3, -0.25) is 5.10 Å². The minimum atomic E-state index is -0.0323. The minimum absolute atomic E-state index is 0.0323. The van der Waals surface area contributed by atoms with Crippen molar-refractivity contribution in [3.63, 3.8) is 0 Å². The van der Waals surface area contributed by atoms with E-state index in [1.54, 1.807) is 12.4 Å². The average molecular weight is 339 g/mol. The van der Waals surface area contributed by atoms with E-state index in [4.69, 9.17) is 9.47 Å². The molecular weight excluding hydrogens is 318 g/mol. The van der Waals surface area contributed by atoms with Crippen molar-refractivity contribution < 1.29 is 9.47 Å². The molecule has 0 radical (unpaired) electrons. The fourth-order valence-corrected chi connectivity index (χ4v) is 2.97. The molecule has 0 unspecified atom stereocenters. The van der Waals surface area contributed by atoms with Crippen molar-refractivity contribution in [1.29, 1.82) is 0 Å². The molecule has 3 aromatic rings. The van der Waals surface area contributed by atoms with Crippen LogP contribution in [0.15, 0.2) is 55.1 Å². The second-order valence-electron chi connectivity index (χ2n) is 6.07. The Bertz CT molecular complexity index is 772. The Kier molecular flexibility index (Phi) is 4.76. The van der Waals surface area contributed by atoms with Gasteiger partial charge >= 0.3 is 0 Å². The number of hydrogen-bond donors (Lipinski definition) is 2. The van der Waals surface area contributed by atoms with Crippen molar-refractivity contribution in [3.8, 4) is 5.75 Å². The SMILES string of the molecule is c1ccc(Cn2ccnc2CN[C@H]2COC[C@H]2Oc2cn[nH]c2)cc1. The van der Waals surface area contributed by atoms with E-state index in [1.165, 1.54) is 5.56 Å². The van der Waals surface area contributed by atoms with Crippen LogP contribution in [-0.2, 0) is 17.8 Å². The second kappa shape index (κ2) is 7.50. The molecular formula is C18H21N5O2. The molecule has 1 aliphatic heterocycles. The van der Waals surface area contributed by atoms with Gasteiger partial charge in [0.25, 0.3) is 0 Å². The first-order chi connectivity index (χ1) is 12.4. The molecule has 7 nitrogen and oxygen atoms in total. The molecule has 2 atom stereocenters. The van der Waals surface area contributed by atoms with E-state index in [0.717, 1.165) is 18.1 Å². The Labute approximate surface area is 146 Å². The summed E-state index contributed by atoms with van der Waals surface area (Å²) in [6, 6.07) is 10.5. The fourth-order valence-electron chi connectivity index (χ4n) is 2.97. The van der Waals surface area contributed by atoms with Gasteiger partial charge in [0.15, 0.2) is 5.75 Å². The van der Waals surface area contributed by atoms with E-state index < -0.39 is 0 Å². The number of nitrogens with zero attached hydrogens (tertiary/aromatic N) is 3. The van der Waals surface area contributed by atoms with Gasteiger partial charge in [0.2, 0.25) is 0 Å². The maximum Gasteiger partial charge on any atom is 0.157 e. The quantitative estimate of drug-likeness (QED) is 0.684. The van der Waals surface area contributed by atoms with Gasteiger partial charge in [-0.1, -0.05) is 30.3 Å². The van der Waals surface area contributed by atoms with Crippen molar-refractivity contribution in [1.82, 2.24) is 25.1 Å². The molecule has 2 aromatic heterocycles. The summed E-state index contributed by atoms with van der Waals surface area (Å²) < 4.78 is 13.6. The third kappa shape index (κ3) is 3.89. The van der Waals surface area contributed by atoms with E-state index in [1.807, 2.05) is 18.5 Å². The number of benzene rings is 1. The Morgan fingerprint density at radius 2 is 2.20 bits per heavy atom. The van der Waals surface area contributed by atoms with E-state index in [-0.39, 0.29) is 12.1 Å². The van der Waals surface area contributed by atoms with Crippen LogP contribution in [0, 0.1) is 0 Å². The average Bonchev–Trinajstić information content (AvgIpc) is 3.38. The van der Waals surface area contributed by atoms with Crippen molar-refractivity contribution in [3.05, 3.63) is 66.5 Å². The summed E-state index contributed by atoms with van der Waals surface area (Å²) in [6.45, 7) is 2.68. The zero-order chi connectivity index (χ0) is 16.9. The number of aromatic nitrogens is 4. The zero-order valence-corrected chi connectivity index (χ0v) is 13.8. The summed E-state index contributed by atoms with van der Waals surface area (Å²) in [5, 5.41) is 10.2. The fraction of sp³-hybridized carbons (Fsp3) is 0.333. The number of rotatable bonds is 7. The number of nitrogens with one attached hydrogen (secondary N) is 2. The topological polar surface area (TPSA) is 77.0 Å². The molecule has 1 aliphatic rings. The molecule has 0 amide bonds. The van der Waals surface area contributed by atoms with E-state index in [2.05, 4.69) is 49.3 Å². The summed E-state index contributed by atoms with van der Waals surface area (Å²) >= 11 is 0. The van der Waals surface area contributed by atoms with Crippen LogP contribution < -0.4 is 10.1 Å². The summed E-state index contributed by atoms with van der Waals surface area (Å²) in [5.41, 5.74) is 1.26. The lowest BCUT2D eigenvalue weighted by Crippen LogP contribution is -2.42. The Morgan fingerprint density at radius 1 is 1.28 bits per heavy atom. The molecule has 7 heteroatoms. The molecule has 3 heterocycles. The maximum atomic E-state index is 5.92. The van der Waals surface area contributed by atoms with Gasteiger partial charge in [0.05, 0.1) is 38.2 Å². The predicted molar refractivity (Wildman–Crippen MR) is 92.2 cm³/mol. The van der Waals surface area contributed by atoms with E-state index in [9.17, 15) is 0 Å². The van der Waals surface area contributed by atoms with Crippen LogP contribution in [0.4, 0.5) is 0 Å². The molecule has 1 aromatic carbocycles. The number of aromatic amines is 1. The summed E-state index contributed by atoms with van der Waals surface area (Å²) in [5.74, 6) is 1.73. The lowest BCUT2D eigenvalue weighted by molar-refractivity contribution is 0.139. The lowest BCUT2D eigenvalue weighted by atomic mass is 10.2. The highest BCUT2D eigenvalue weighted by molar-refractivity contribution is 5.16. The van der Waals surface area contributed by atoms with Crippen LogP contribution in [0.5, 0.6) is 5.75 Å². The first kappa shape index (κ1) is 15.9. The second-order valence-corrected chi connectivity index (χ2v) is 6.07. The smallest absolute Gasteiger partial charge is 0.157 e. The summed E-state index contributed by atoms with van der Waals surface area (Å²) in [4.78, 5) is 4.48. The van der Waals surface area contributed by atoms with Gasteiger partial charge in [0.1, 0.15) is 11.9 Å². The van der Waals surface area contributed by atoms with Crippen LogP contribution in [0.2, 0.25) is 0 Å². The van der Waals surface area contributed by atoms with Crippen LogP contribution in [-0.4, -0.2) is 45.1 Å². The van der Waals surface area contributed by atoms with Gasteiger partial charge in [0, 0.05) is 18.9 Å². The number of ether oxygens (including phenoxy) is 2. The molecule has 25 heavy (non-hydrogen) atoms. The van der Waals surface area contributed by atoms with Gasteiger partial charge in [-0.2, -0.15) is 5.10 Å². The molecule has 0 bridgehead atoms. The highest BCUT2D eigenvalue weighted by Gasteiger charge is 2.30. The highest BCUT2D eigenvalue weighted by Crippen LogP contribution is 2.16. The number of hydrogen-bond acceptors (Lipinski definition) is 5.